The van der Waals surface area contributed by atoms with E-state index in [1.807, 2.05) is 13.0 Å². The van der Waals surface area contributed by atoms with E-state index in [9.17, 15) is 0 Å². The van der Waals surface area contributed by atoms with Crippen molar-refractivity contribution < 1.29 is 4.74 Å². The Balaban J connectivity index is 1.32. The molecule has 1 aliphatic rings. The number of aromatic nitrogens is 4. The van der Waals surface area contributed by atoms with Crippen LogP contribution in [-0.2, 0) is 0 Å². The van der Waals surface area contributed by atoms with E-state index in [2.05, 4.69) is 89.2 Å². The fourth-order valence-corrected chi connectivity index (χ4v) is 5.17. The topological polar surface area (TPSA) is 73.1 Å². The van der Waals surface area contributed by atoms with Gasteiger partial charge in [-0.1, -0.05) is 13.8 Å². The van der Waals surface area contributed by atoms with Crippen LogP contribution in [-0.4, -0.2) is 64.7 Å². The number of nitrogens with one attached hydrogen (secondary N) is 2. The molecule has 0 radical (unpaired) electrons. The summed E-state index contributed by atoms with van der Waals surface area (Å²) in [7, 11) is 2.18. The highest BCUT2D eigenvalue weighted by Crippen LogP contribution is 2.33. The van der Waals surface area contributed by atoms with Crippen molar-refractivity contribution in [1.29, 1.82) is 0 Å². The van der Waals surface area contributed by atoms with Crippen molar-refractivity contribution in [3.05, 3.63) is 60.2 Å². The van der Waals surface area contributed by atoms with Crippen molar-refractivity contribution in [2.24, 2.45) is 0 Å². The van der Waals surface area contributed by atoms with Crippen LogP contribution < -0.4 is 9.64 Å². The van der Waals surface area contributed by atoms with E-state index in [0.29, 0.717) is 12.5 Å². The molecule has 2 aromatic heterocycles. The van der Waals surface area contributed by atoms with Crippen LogP contribution in [0.25, 0.3) is 44.8 Å². The molecular formula is C30H34N6O. The summed E-state index contributed by atoms with van der Waals surface area (Å²) in [6.07, 6.45) is 0. The van der Waals surface area contributed by atoms with Gasteiger partial charge >= 0.3 is 0 Å². The minimum atomic E-state index is 0.352. The predicted molar refractivity (Wildman–Crippen MR) is 152 cm³/mol. The van der Waals surface area contributed by atoms with Gasteiger partial charge in [-0.2, -0.15) is 0 Å². The summed E-state index contributed by atoms with van der Waals surface area (Å²) in [5, 5.41) is 0. The lowest BCUT2D eigenvalue weighted by Gasteiger charge is -2.34. The summed E-state index contributed by atoms with van der Waals surface area (Å²) in [6.45, 7) is 11.3. The number of hydrogen-bond donors (Lipinski definition) is 2. The zero-order chi connectivity index (χ0) is 25.5. The standard InChI is InChI=1S/C30H34N6O/c1-5-37-22-8-9-23(24(18-22)19(2)3)30-32-25-10-6-20(16-27(25)34-30)29-31-26-11-7-21(17-28(26)33-29)36-14-12-35(4)13-15-36/h6-11,16-19H,5,12-15H2,1-4H3,(H,31,33)(H,32,34). The van der Waals surface area contributed by atoms with E-state index in [0.717, 1.165) is 76.8 Å². The summed E-state index contributed by atoms with van der Waals surface area (Å²) in [5.74, 6) is 2.99. The van der Waals surface area contributed by atoms with Crippen LogP contribution >= 0.6 is 0 Å². The molecule has 6 rings (SSSR count). The van der Waals surface area contributed by atoms with Crippen LogP contribution in [0.1, 0.15) is 32.3 Å². The summed E-state index contributed by atoms with van der Waals surface area (Å²) in [4.78, 5) is 21.7. The van der Waals surface area contributed by atoms with Crippen LogP contribution in [0.15, 0.2) is 54.6 Å². The fourth-order valence-electron chi connectivity index (χ4n) is 5.17. The Bertz CT molecular complexity index is 1560. The Morgan fingerprint density at radius 2 is 1.54 bits per heavy atom. The maximum atomic E-state index is 5.74. The van der Waals surface area contributed by atoms with Gasteiger partial charge in [0.1, 0.15) is 17.4 Å². The van der Waals surface area contributed by atoms with Gasteiger partial charge in [0.15, 0.2) is 0 Å². The number of anilines is 1. The highest BCUT2D eigenvalue weighted by Gasteiger charge is 2.17. The average molecular weight is 495 g/mol. The number of rotatable bonds is 6. The molecule has 7 heteroatoms. The molecule has 0 bridgehead atoms. The maximum Gasteiger partial charge on any atom is 0.138 e. The van der Waals surface area contributed by atoms with E-state index < -0.39 is 0 Å². The van der Waals surface area contributed by atoms with Gasteiger partial charge in [-0.15, -0.1) is 0 Å². The van der Waals surface area contributed by atoms with Crippen molar-refractivity contribution in [2.45, 2.75) is 26.7 Å². The second-order valence-corrected chi connectivity index (χ2v) is 10.2. The smallest absolute Gasteiger partial charge is 0.138 e. The molecule has 0 aliphatic carbocycles. The molecule has 1 fully saturated rings. The molecule has 190 valence electrons. The number of H-pyrrole nitrogens is 2. The number of hydrogen-bond acceptors (Lipinski definition) is 5. The Kier molecular flexibility index (Phi) is 6.08. The first-order valence-electron chi connectivity index (χ1n) is 13.2. The summed E-state index contributed by atoms with van der Waals surface area (Å²) in [5.41, 5.74) is 8.60. The first kappa shape index (κ1) is 23.6. The number of ether oxygens (including phenoxy) is 1. The Morgan fingerprint density at radius 3 is 2.30 bits per heavy atom. The van der Waals surface area contributed by atoms with Crippen LogP contribution in [0.2, 0.25) is 0 Å². The third kappa shape index (κ3) is 4.55. The lowest BCUT2D eigenvalue weighted by molar-refractivity contribution is 0.313. The van der Waals surface area contributed by atoms with Crippen molar-refractivity contribution in [1.82, 2.24) is 24.8 Å². The quantitative estimate of drug-likeness (QED) is 0.301. The van der Waals surface area contributed by atoms with Crippen molar-refractivity contribution in [3.8, 4) is 28.5 Å². The van der Waals surface area contributed by atoms with Crippen LogP contribution in [0.3, 0.4) is 0 Å². The molecule has 1 saturated heterocycles. The Morgan fingerprint density at radius 1 is 0.838 bits per heavy atom. The molecule has 3 aromatic carbocycles. The Labute approximate surface area is 217 Å². The number of likely N-dealkylation sites (N-methyl/N-ethyl adjacent to an activating group) is 1. The number of benzene rings is 3. The first-order chi connectivity index (χ1) is 18.0. The van der Waals surface area contributed by atoms with Gasteiger partial charge in [0, 0.05) is 43.0 Å². The van der Waals surface area contributed by atoms with Crippen molar-refractivity contribution in [2.75, 3.05) is 44.7 Å². The second kappa shape index (κ2) is 9.56. The third-order valence-electron chi connectivity index (χ3n) is 7.30. The molecule has 0 saturated carbocycles. The van der Waals surface area contributed by atoms with Gasteiger partial charge in [0.2, 0.25) is 0 Å². The molecule has 1 aliphatic heterocycles. The maximum absolute atomic E-state index is 5.74. The van der Waals surface area contributed by atoms with Crippen molar-refractivity contribution in [3.63, 3.8) is 0 Å². The Hall–Kier alpha value is -3.84. The number of imidazole rings is 2. The fraction of sp³-hybridized carbons (Fsp3) is 0.333. The van der Waals surface area contributed by atoms with Crippen LogP contribution in [0.4, 0.5) is 5.69 Å². The van der Waals surface area contributed by atoms with E-state index in [1.54, 1.807) is 0 Å². The van der Waals surface area contributed by atoms with Gasteiger partial charge in [0.25, 0.3) is 0 Å². The average Bonchev–Trinajstić information content (AvgIpc) is 3.52. The van der Waals surface area contributed by atoms with Gasteiger partial charge in [-0.3, -0.25) is 0 Å². The molecule has 0 atom stereocenters. The summed E-state index contributed by atoms with van der Waals surface area (Å²) in [6, 6.07) is 19.1. The molecule has 0 spiro atoms. The van der Waals surface area contributed by atoms with E-state index in [1.165, 1.54) is 11.3 Å². The molecule has 37 heavy (non-hydrogen) atoms. The van der Waals surface area contributed by atoms with E-state index >= 15 is 0 Å². The molecule has 7 nitrogen and oxygen atoms in total. The number of piperazine rings is 1. The lowest BCUT2D eigenvalue weighted by atomic mass is 9.96. The van der Waals surface area contributed by atoms with Crippen molar-refractivity contribution >= 4 is 27.8 Å². The second-order valence-electron chi connectivity index (χ2n) is 10.2. The molecule has 0 unspecified atom stereocenters. The largest absolute Gasteiger partial charge is 0.494 e. The minimum Gasteiger partial charge on any atom is -0.494 e. The third-order valence-corrected chi connectivity index (χ3v) is 7.30. The minimum absolute atomic E-state index is 0.352. The number of aromatic amines is 2. The van der Waals surface area contributed by atoms with Crippen LogP contribution in [0.5, 0.6) is 5.75 Å². The lowest BCUT2D eigenvalue weighted by Crippen LogP contribution is -2.44. The zero-order valence-electron chi connectivity index (χ0n) is 22.0. The normalized spacial score (nSPS) is 14.8. The molecular weight excluding hydrogens is 460 g/mol. The summed E-state index contributed by atoms with van der Waals surface area (Å²) < 4.78 is 5.74. The van der Waals surface area contributed by atoms with Gasteiger partial charge in [-0.05, 0) is 80.1 Å². The summed E-state index contributed by atoms with van der Waals surface area (Å²) >= 11 is 0. The zero-order valence-corrected chi connectivity index (χ0v) is 22.0. The number of nitrogens with zero attached hydrogens (tertiary/aromatic N) is 4. The molecule has 2 N–H and O–H groups in total. The van der Waals surface area contributed by atoms with Gasteiger partial charge < -0.3 is 24.5 Å². The van der Waals surface area contributed by atoms with E-state index in [-0.39, 0.29) is 0 Å². The highest BCUT2D eigenvalue weighted by atomic mass is 16.5. The first-order valence-corrected chi connectivity index (χ1v) is 13.2. The monoisotopic (exact) mass is 494 g/mol. The molecule has 5 aromatic rings. The SMILES string of the molecule is CCOc1ccc(-c2nc3ccc(-c4nc5ccc(N6CCN(C)CC6)cc5[nH]4)cc3[nH]2)c(C(C)C)c1. The van der Waals surface area contributed by atoms with Gasteiger partial charge in [0.05, 0.1) is 28.7 Å². The highest BCUT2D eigenvalue weighted by molar-refractivity contribution is 5.87. The molecule has 0 amide bonds. The number of fused-ring (bicyclic) bond motifs is 2. The van der Waals surface area contributed by atoms with Gasteiger partial charge in [-0.25, -0.2) is 9.97 Å². The van der Waals surface area contributed by atoms with Crippen LogP contribution in [0, 0.1) is 0 Å². The predicted octanol–water partition coefficient (Wildman–Crippen LogP) is 6.05. The molecule has 3 heterocycles. The van der Waals surface area contributed by atoms with E-state index in [4.69, 9.17) is 14.7 Å².